The van der Waals surface area contributed by atoms with E-state index in [9.17, 15) is 0 Å². The summed E-state index contributed by atoms with van der Waals surface area (Å²) < 4.78 is 6.60. The molecule has 0 bridgehead atoms. The Labute approximate surface area is 322 Å². The summed E-state index contributed by atoms with van der Waals surface area (Å²) in [5.74, 6) is 0. The lowest BCUT2D eigenvalue weighted by Crippen LogP contribution is -2.16. The van der Waals surface area contributed by atoms with Crippen LogP contribution in [-0.4, -0.2) is 4.57 Å². The third kappa shape index (κ3) is 4.25. The van der Waals surface area contributed by atoms with E-state index in [1.165, 1.54) is 113 Å². The Hall–Kier alpha value is -5.74. The third-order valence-corrected chi connectivity index (χ3v) is 14.6. The summed E-state index contributed by atoms with van der Waals surface area (Å²) in [6.45, 7) is 4.88. The monoisotopic (exact) mass is 725 g/mol. The van der Waals surface area contributed by atoms with Crippen molar-refractivity contribution in [3.05, 3.63) is 167 Å². The topological polar surface area (TPSA) is 4.93 Å². The minimum Gasteiger partial charge on any atom is -0.309 e. The van der Waals surface area contributed by atoms with Gasteiger partial charge in [-0.1, -0.05) is 105 Å². The van der Waals surface area contributed by atoms with Gasteiger partial charge in [0.25, 0.3) is 0 Å². The molecule has 3 heterocycles. The van der Waals surface area contributed by atoms with Crippen LogP contribution in [0.2, 0.25) is 0 Å². The van der Waals surface area contributed by atoms with E-state index in [2.05, 4.69) is 170 Å². The number of fused-ring (bicyclic) bond motifs is 13. The molecule has 10 aromatic rings. The fourth-order valence-corrected chi connectivity index (χ4v) is 12.0. The molecular weight excluding hydrogens is 691 g/mol. The summed E-state index contributed by atoms with van der Waals surface area (Å²) in [6, 6.07) is 52.7. The Morgan fingerprint density at radius 3 is 2.02 bits per heavy atom. The van der Waals surface area contributed by atoms with E-state index in [1.54, 1.807) is 0 Å². The number of aromatic nitrogens is 1. The first-order valence-electron chi connectivity index (χ1n) is 19.0. The summed E-state index contributed by atoms with van der Waals surface area (Å²) in [7, 11) is 0. The van der Waals surface area contributed by atoms with Gasteiger partial charge in [0.2, 0.25) is 0 Å². The maximum absolute atomic E-state index is 2.50. The predicted molar refractivity (Wildman–Crippen MR) is 235 cm³/mol. The molecule has 0 amide bonds. The van der Waals surface area contributed by atoms with Crippen LogP contribution in [0.25, 0.3) is 97.2 Å². The highest BCUT2D eigenvalue weighted by Gasteiger charge is 2.38. The minimum atomic E-state index is -0.128. The lowest BCUT2D eigenvalue weighted by atomic mass is 9.80. The highest BCUT2D eigenvalue weighted by atomic mass is 32.1. The van der Waals surface area contributed by atoms with Crippen LogP contribution >= 0.6 is 22.7 Å². The lowest BCUT2D eigenvalue weighted by molar-refractivity contribution is 0.665. The number of hydrogen-bond donors (Lipinski definition) is 0. The number of rotatable bonds is 3. The Balaban J connectivity index is 1.07. The molecule has 256 valence electrons. The highest BCUT2D eigenvalue weighted by Crippen LogP contribution is 2.54. The molecule has 0 saturated heterocycles. The molecule has 2 aliphatic rings. The molecule has 0 aliphatic heterocycles. The van der Waals surface area contributed by atoms with Gasteiger partial charge >= 0.3 is 0 Å². The van der Waals surface area contributed by atoms with Crippen LogP contribution in [0.15, 0.2) is 146 Å². The minimum absolute atomic E-state index is 0.128. The molecule has 2 aliphatic carbocycles. The number of allylic oxidation sites excluding steroid dienone is 1. The molecular formula is C51H35NS2. The molecule has 3 heteroatoms. The van der Waals surface area contributed by atoms with Crippen LogP contribution in [0, 0.1) is 0 Å². The van der Waals surface area contributed by atoms with E-state index in [1.807, 2.05) is 22.7 Å². The first-order valence-corrected chi connectivity index (χ1v) is 20.6. The van der Waals surface area contributed by atoms with Crippen molar-refractivity contribution in [3.8, 4) is 39.1 Å². The van der Waals surface area contributed by atoms with Gasteiger partial charge in [-0.2, -0.15) is 0 Å². The first-order chi connectivity index (χ1) is 26.5. The number of nitrogens with zero attached hydrogens (tertiary/aromatic N) is 1. The lowest BCUT2D eigenvalue weighted by Gasteiger charge is -2.24. The molecule has 0 radical (unpaired) electrons. The fourth-order valence-electron chi connectivity index (χ4n) is 9.67. The Morgan fingerprint density at radius 2 is 1.20 bits per heavy atom. The van der Waals surface area contributed by atoms with E-state index >= 15 is 0 Å². The zero-order chi connectivity index (χ0) is 35.7. The SMILES string of the molecule is CC1(C)c2cc(-n3c4ccc(-c5ccccc5)cc4c4cc(-c5ccc6sc7ccccc7c6c5)ccc43)ccc2-c2ccc3sc4c(c3c21)C=CCC4. The third-order valence-electron chi connectivity index (χ3n) is 12.2. The number of hydrogen-bond acceptors (Lipinski definition) is 2. The zero-order valence-corrected chi connectivity index (χ0v) is 31.7. The Kier molecular flexibility index (Phi) is 6.33. The van der Waals surface area contributed by atoms with Gasteiger partial charge < -0.3 is 4.57 Å². The van der Waals surface area contributed by atoms with Crippen molar-refractivity contribution in [1.29, 1.82) is 0 Å². The van der Waals surface area contributed by atoms with Gasteiger partial charge in [-0.05, 0) is 124 Å². The van der Waals surface area contributed by atoms with Gasteiger partial charge in [0.1, 0.15) is 0 Å². The molecule has 0 atom stereocenters. The molecule has 3 aromatic heterocycles. The normalized spacial score (nSPS) is 14.4. The number of benzene rings is 7. The van der Waals surface area contributed by atoms with Crippen LogP contribution in [0.5, 0.6) is 0 Å². The Morgan fingerprint density at radius 1 is 0.537 bits per heavy atom. The van der Waals surface area contributed by atoms with E-state index < -0.39 is 0 Å². The summed E-state index contributed by atoms with van der Waals surface area (Å²) in [5.41, 5.74) is 15.6. The van der Waals surface area contributed by atoms with Gasteiger partial charge in [-0.3, -0.25) is 0 Å². The van der Waals surface area contributed by atoms with Gasteiger partial charge in [0, 0.05) is 57.0 Å². The van der Waals surface area contributed by atoms with E-state index in [4.69, 9.17) is 0 Å². The summed E-state index contributed by atoms with van der Waals surface area (Å²) >= 11 is 3.87. The molecule has 7 aromatic carbocycles. The molecule has 12 rings (SSSR count). The van der Waals surface area contributed by atoms with Crippen LogP contribution in [0.1, 0.15) is 41.8 Å². The maximum Gasteiger partial charge on any atom is 0.0541 e. The molecule has 0 fully saturated rings. The summed E-state index contributed by atoms with van der Waals surface area (Å²) in [6.07, 6.45) is 7.04. The standard InChI is InChI=1S/C51H35NS2/c1-51(2)42-29-34(19-20-35(42)37-21-25-48-49(50(37)51)38-13-7-9-15-46(38)54-48)52-43-22-16-31(30-10-4-3-5-11-30)26-39(43)40-27-32(17-23-44(40)52)33-18-24-47-41(28-33)36-12-6-8-14-45(36)53-47/h3-8,10-14,16-29H,9,15H2,1-2H3. The second-order valence-corrected chi connectivity index (χ2v) is 17.8. The van der Waals surface area contributed by atoms with Crippen molar-refractivity contribution in [3.63, 3.8) is 0 Å². The fraction of sp³-hybridized carbons (Fsp3) is 0.0980. The average molecular weight is 726 g/mol. The van der Waals surface area contributed by atoms with Crippen LogP contribution < -0.4 is 0 Å². The van der Waals surface area contributed by atoms with Gasteiger partial charge in [-0.15, -0.1) is 22.7 Å². The molecule has 0 saturated carbocycles. The van der Waals surface area contributed by atoms with Crippen LogP contribution in [-0.2, 0) is 11.8 Å². The van der Waals surface area contributed by atoms with E-state index in [-0.39, 0.29) is 5.41 Å². The van der Waals surface area contributed by atoms with Crippen molar-refractivity contribution >= 4 is 80.8 Å². The maximum atomic E-state index is 2.50. The van der Waals surface area contributed by atoms with Crippen LogP contribution in [0.4, 0.5) is 0 Å². The highest BCUT2D eigenvalue weighted by molar-refractivity contribution is 7.25. The van der Waals surface area contributed by atoms with Gasteiger partial charge in [0.05, 0.1) is 11.0 Å². The average Bonchev–Trinajstić information content (AvgIpc) is 3.94. The van der Waals surface area contributed by atoms with Crippen molar-refractivity contribution in [2.24, 2.45) is 0 Å². The predicted octanol–water partition coefficient (Wildman–Crippen LogP) is 15.0. The summed E-state index contributed by atoms with van der Waals surface area (Å²) in [4.78, 5) is 1.54. The smallest absolute Gasteiger partial charge is 0.0541 e. The molecule has 0 N–H and O–H groups in total. The van der Waals surface area contributed by atoms with Crippen molar-refractivity contribution in [1.82, 2.24) is 4.57 Å². The molecule has 1 nitrogen and oxygen atoms in total. The Bertz CT molecular complexity index is 3240. The quantitative estimate of drug-likeness (QED) is 0.171. The second-order valence-electron chi connectivity index (χ2n) is 15.6. The zero-order valence-electron chi connectivity index (χ0n) is 30.1. The van der Waals surface area contributed by atoms with E-state index in [0.717, 1.165) is 12.8 Å². The summed E-state index contributed by atoms with van der Waals surface area (Å²) in [5, 5.41) is 6.69. The number of aryl methyl sites for hydroxylation is 1. The largest absolute Gasteiger partial charge is 0.309 e. The first kappa shape index (κ1) is 30.7. The van der Waals surface area contributed by atoms with E-state index in [0.29, 0.717) is 0 Å². The van der Waals surface area contributed by atoms with Gasteiger partial charge in [-0.25, -0.2) is 0 Å². The molecule has 0 spiro atoms. The van der Waals surface area contributed by atoms with Crippen LogP contribution in [0.3, 0.4) is 0 Å². The van der Waals surface area contributed by atoms with Crippen molar-refractivity contribution in [2.45, 2.75) is 32.1 Å². The van der Waals surface area contributed by atoms with Crippen molar-refractivity contribution < 1.29 is 0 Å². The second kappa shape index (κ2) is 11.1. The van der Waals surface area contributed by atoms with Crippen molar-refractivity contribution in [2.75, 3.05) is 0 Å². The number of thiophene rings is 2. The molecule has 54 heavy (non-hydrogen) atoms. The molecule has 0 unspecified atom stereocenters. The van der Waals surface area contributed by atoms with Gasteiger partial charge in [0.15, 0.2) is 0 Å².